The second-order valence-corrected chi connectivity index (χ2v) is 7.48. The highest BCUT2D eigenvalue weighted by atomic mass is 32.1. The molecule has 2 heterocycles. The molecule has 2 aliphatic rings. The number of nitrogens with zero attached hydrogens (tertiary/aromatic N) is 2. The van der Waals surface area contributed by atoms with Crippen LogP contribution in [0.3, 0.4) is 0 Å². The van der Waals surface area contributed by atoms with Gasteiger partial charge < -0.3 is 4.90 Å². The summed E-state index contributed by atoms with van der Waals surface area (Å²) in [6.45, 7) is 3.69. The molecule has 4 rings (SSSR count). The highest BCUT2D eigenvalue weighted by Gasteiger charge is 2.32. The molecule has 114 valence electrons. The van der Waals surface area contributed by atoms with Crippen LogP contribution >= 0.6 is 11.3 Å². The second-order valence-electron chi connectivity index (χ2n) is 6.39. The number of aryl methyl sites for hydroxylation is 1. The molecule has 1 saturated carbocycles. The van der Waals surface area contributed by atoms with Crippen molar-refractivity contribution in [2.45, 2.75) is 39.2 Å². The van der Waals surface area contributed by atoms with Crippen molar-refractivity contribution in [3.05, 3.63) is 40.4 Å². The van der Waals surface area contributed by atoms with Gasteiger partial charge in [0.15, 0.2) is 0 Å². The number of rotatable bonds is 2. The van der Waals surface area contributed by atoms with Gasteiger partial charge in [-0.25, -0.2) is 4.98 Å². The van der Waals surface area contributed by atoms with Crippen molar-refractivity contribution in [1.82, 2.24) is 9.88 Å². The molecule has 3 nitrogen and oxygen atoms in total. The molecule has 1 amide bonds. The fourth-order valence-corrected chi connectivity index (χ4v) is 4.25. The average Bonchev–Trinajstić information content (AvgIpc) is 2.89. The third-order valence-corrected chi connectivity index (χ3v) is 5.93. The minimum atomic E-state index is 0.297. The van der Waals surface area contributed by atoms with Crippen LogP contribution in [-0.4, -0.2) is 22.3 Å². The normalized spacial score (nSPS) is 18.0. The molecule has 0 N–H and O–H groups in total. The van der Waals surface area contributed by atoms with Gasteiger partial charge in [0.25, 0.3) is 0 Å². The molecule has 1 fully saturated rings. The van der Waals surface area contributed by atoms with Crippen LogP contribution in [0.1, 0.15) is 35.4 Å². The van der Waals surface area contributed by atoms with Crippen LogP contribution in [0.15, 0.2) is 24.3 Å². The first-order valence-corrected chi connectivity index (χ1v) is 8.87. The van der Waals surface area contributed by atoms with Crippen LogP contribution in [0.2, 0.25) is 0 Å². The lowest BCUT2D eigenvalue weighted by atomic mass is 9.84. The van der Waals surface area contributed by atoms with Crippen LogP contribution in [0.25, 0.3) is 10.6 Å². The van der Waals surface area contributed by atoms with E-state index in [2.05, 4.69) is 31.2 Å². The summed E-state index contributed by atoms with van der Waals surface area (Å²) < 4.78 is 0. The first-order chi connectivity index (χ1) is 10.7. The number of carbonyl (C=O) groups is 1. The molecule has 22 heavy (non-hydrogen) atoms. The van der Waals surface area contributed by atoms with E-state index in [9.17, 15) is 4.79 Å². The predicted molar refractivity (Wildman–Crippen MR) is 88.7 cm³/mol. The van der Waals surface area contributed by atoms with Gasteiger partial charge in [0.1, 0.15) is 5.01 Å². The highest BCUT2D eigenvalue weighted by Crippen LogP contribution is 2.34. The Labute approximate surface area is 135 Å². The molecule has 1 aliphatic carbocycles. The summed E-state index contributed by atoms with van der Waals surface area (Å²) in [5, 5.41) is 1.09. The maximum atomic E-state index is 12.4. The minimum absolute atomic E-state index is 0.297. The third kappa shape index (κ3) is 2.45. The Balaban J connectivity index is 1.55. The van der Waals surface area contributed by atoms with Gasteiger partial charge >= 0.3 is 0 Å². The third-order valence-electron chi connectivity index (χ3n) is 4.80. The standard InChI is InChI=1S/C18H20N2OS/c1-12-5-7-13(8-6-12)17-19-15-9-10-20(11-16(15)22-17)18(21)14-3-2-4-14/h5-8,14H,2-4,9-11H2,1H3. The van der Waals surface area contributed by atoms with Crippen molar-refractivity contribution in [2.24, 2.45) is 5.92 Å². The average molecular weight is 312 g/mol. The lowest BCUT2D eigenvalue weighted by molar-refractivity contribution is -0.139. The second kappa shape index (κ2) is 5.51. The van der Waals surface area contributed by atoms with E-state index in [-0.39, 0.29) is 0 Å². The number of benzene rings is 1. The van der Waals surface area contributed by atoms with Crippen LogP contribution in [0.4, 0.5) is 0 Å². The summed E-state index contributed by atoms with van der Waals surface area (Å²) in [6.07, 6.45) is 4.28. The Hall–Kier alpha value is -1.68. The summed E-state index contributed by atoms with van der Waals surface area (Å²) in [5.41, 5.74) is 3.64. The Morgan fingerprint density at radius 2 is 2.05 bits per heavy atom. The van der Waals surface area contributed by atoms with Gasteiger partial charge in [0.05, 0.1) is 12.2 Å². The zero-order chi connectivity index (χ0) is 15.1. The van der Waals surface area contributed by atoms with Crippen molar-refractivity contribution in [3.8, 4) is 10.6 Å². The molecule has 0 bridgehead atoms. The highest BCUT2D eigenvalue weighted by molar-refractivity contribution is 7.15. The molecule has 0 unspecified atom stereocenters. The summed E-state index contributed by atoms with van der Waals surface area (Å²) in [5.74, 6) is 0.660. The van der Waals surface area contributed by atoms with Gasteiger partial charge in [-0.15, -0.1) is 11.3 Å². The number of thiazole rings is 1. The molecule has 0 radical (unpaired) electrons. The largest absolute Gasteiger partial charge is 0.337 e. The molecular weight excluding hydrogens is 292 g/mol. The van der Waals surface area contributed by atoms with E-state index >= 15 is 0 Å². The molecule has 0 saturated heterocycles. The fourth-order valence-electron chi connectivity index (χ4n) is 3.12. The zero-order valence-electron chi connectivity index (χ0n) is 12.8. The first kappa shape index (κ1) is 13.9. The van der Waals surface area contributed by atoms with Crippen molar-refractivity contribution in [2.75, 3.05) is 6.54 Å². The van der Waals surface area contributed by atoms with Crippen molar-refractivity contribution >= 4 is 17.2 Å². The number of fused-ring (bicyclic) bond motifs is 1. The topological polar surface area (TPSA) is 33.2 Å². The molecule has 2 aromatic rings. The summed E-state index contributed by atoms with van der Waals surface area (Å²) in [4.78, 5) is 20.5. The number of aromatic nitrogens is 1. The van der Waals surface area contributed by atoms with Gasteiger partial charge in [-0.2, -0.15) is 0 Å². The van der Waals surface area contributed by atoms with Gasteiger partial charge in [0.2, 0.25) is 5.91 Å². The van der Waals surface area contributed by atoms with E-state index in [0.717, 1.165) is 37.4 Å². The van der Waals surface area contributed by atoms with Crippen LogP contribution in [0.5, 0.6) is 0 Å². The summed E-state index contributed by atoms with van der Waals surface area (Å²) >= 11 is 1.75. The van der Waals surface area contributed by atoms with Crippen LogP contribution in [0, 0.1) is 12.8 Å². The Kier molecular flexibility index (Phi) is 3.49. The van der Waals surface area contributed by atoms with Crippen molar-refractivity contribution in [1.29, 1.82) is 0 Å². The quantitative estimate of drug-likeness (QED) is 0.845. The number of carbonyl (C=O) groups excluding carboxylic acids is 1. The van der Waals surface area contributed by atoms with E-state index in [1.54, 1.807) is 11.3 Å². The number of hydrogen-bond donors (Lipinski definition) is 0. The van der Waals surface area contributed by atoms with Crippen molar-refractivity contribution < 1.29 is 4.79 Å². The van der Waals surface area contributed by atoms with Gasteiger partial charge in [-0.05, 0) is 19.8 Å². The molecule has 4 heteroatoms. The summed E-state index contributed by atoms with van der Waals surface area (Å²) in [6, 6.07) is 8.53. The first-order valence-electron chi connectivity index (χ1n) is 8.05. The van der Waals surface area contributed by atoms with Gasteiger partial charge in [-0.1, -0.05) is 36.2 Å². The monoisotopic (exact) mass is 312 g/mol. The Bertz CT molecular complexity index is 700. The lowest BCUT2D eigenvalue weighted by Crippen LogP contribution is -2.41. The Morgan fingerprint density at radius 1 is 1.27 bits per heavy atom. The smallest absolute Gasteiger partial charge is 0.226 e. The maximum absolute atomic E-state index is 12.4. The van der Waals surface area contributed by atoms with E-state index in [1.807, 2.05) is 4.90 Å². The lowest BCUT2D eigenvalue weighted by Gasteiger charge is -2.33. The maximum Gasteiger partial charge on any atom is 0.226 e. The SMILES string of the molecule is Cc1ccc(-c2nc3c(s2)CN(C(=O)C2CCC2)CC3)cc1. The fraction of sp³-hybridized carbons (Fsp3) is 0.444. The van der Waals surface area contributed by atoms with E-state index in [0.29, 0.717) is 11.8 Å². The van der Waals surface area contributed by atoms with Gasteiger partial charge in [-0.3, -0.25) is 4.79 Å². The Morgan fingerprint density at radius 3 is 2.73 bits per heavy atom. The van der Waals surface area contributed by atoms with E-state index in [1.165, 1.54) is 28.1 Å². The molecule has 0 spiro atoms. The van der Waals surface area contributed by atoms with Crippen molar-refractivity contribution in [3.63, 3.8) is 0 Å². The molecule has 1 aromatic carbocycles. The van der Waals surface area contributed by atoms with E-state index < -0.39 is 0 Å². The number of hydrogen-bond acceptors (Lipinski definition) is 3. The summed E-state index contributed by atoms with van der Waals surface area (Å²) in [7, 11) is 0. The van der Waals surface area contributed by atoms with Crippen LogP contribution in [-0.2, 0) is 17.8 Å². The molecule has 0 atom stereocenters. The molecular formula is C18H20N2OS. The van der Waals surface area contributed by atoms with E-state index in [4.69, 9.17) is 4.98 Å². The van der Waals surface area contributed by atoms with Gasteiger partial charge in [0, 0.05) is 29.3 Å². The molecule has 1 aromatic heterocycles. The predicted octanol–water partition coefficient (Wildman–Crippen LogP) is 3.80. The molecule has 1 aliphatic heterocycles. The minimum Gasteiger partial charge on any atom is -0.337 e. The zero-order valence-corrected chi connectivity index (χ0v) is 13.7. The van der Waals surface area contributed by atoms with Crippen LogP contribution < -0.4 is 0 Å². The number of amides is 1.